The molecule has 0 unspecified atom stereocenters. The zero-order chi connectivity index (χ0) is 25.2. The number of nitrogens with zero attached hydrogens (tertiary/aromatic N) is 2. The maximum Gasteiger partial charge on any atom is 0.253 e. The van der Waals surface area contributed by atoms with Gasteiger partial charge >= 0.3 is 0 Å². The Morgan fingerprint density at radius 1 is 1.14 bits per heavy atom. The highest BCUT2D eigenvalue weighted by molar-refractivity contribution is 6.01. The van der Waals surface area contributed by atoms with E-state index in [0.29, 0.717) is 48.7 Å². The van der Waals surface area contributed by atoms with Crippen molar-refractivity contribution in [3.63, 3.8) is 0 Å². The Kier molecular flexibility index (Phi) is 6.40. The molecule has 11 heteroatoms. The van der Waals surface area contributed by atoms with E-state index in [2.05, 4.69) is 26.1 Å². The van der Waals surface area contributed by atoms with Crippen LogP contribution in [0, 0.1) is 0 Å². The fourth-order valence-electron chi connectivity index (χ4n) is 4.21. The summed E-state index contributed by atoms with van der Waals surface area (Å²) in [6, 6.07) is 11.6. The molecule has 1 atom stereocenters. The molecule has 0 saturated carbocycles. The van der Waals surface area contributed by atoms with E-state index >= 15 is 0 Å². The number of anilines is 4. The van der Waals surface area contributed by atoms with Crippen molar-refractivity contribution in [2.24, 2.45) is 0 Å². The highest BCUT2D eigenvalue weighted by Gasteiger charge is 2.23. The molecule has 2 heterocycles. The third-order valence-electron chi connectivity index (χ3n) is 6.20. The van der Waals surface area contributed by atoms with Gasteiger partial charge in [-0.2, -0.15) is 5.10 Å². The average Bonchev–Trinajstić information content (AvgIpc) is 3.28. The third kappa shape index (κ3) is 4.79. The Hall–Kier alpha value is -4.22. The van der Waals surface area contributed by atoms with Gasteiger partial charge in [0.2, 0.25) is 5.91 Å². The Bertz CT molecular complexity index is 1480. The molecule has 4 aromatic rings. The highest BCUT2D eigenvalue weighted by atomic mass is 16.5. The number of fused-ring (bicyclic) bond motifs is 1. The molecule has 1 amide bonds. The van der Waals surface area contributed by atoms with E-state index in [9.17, 15) is 19.5 Å². The summed E-state index contributed by atoms with van der Waals surface area (Å²) in [7, 11) is 0. The number of H-pyrrole nitrogens is 1. The second kappa shape index (κ2) is 9.80. The van der Waals surface area contributed by atoms with E-state index in [1.165, 1.54) is 0 Å². The van der Waals surface area contributed by atoms with Gasteiger partial charge in [0, 0.05) is 30.2 Å². The maximum atomic E-state index is 12.5. The Morgan fingerprint density at radius 2 is 1.92 bits per heavy atom. The van der Waals surface area contributed by atoms with E-state index in [4.69, 9.17) is 4.74 Å². The van der Waals surface area contributed by atoms with E-state index in [-0.39, 0.29) is 35.6 Å². The van der Waals surface area contributed by atoms with Crippen LogP contribution in [0.1, 0.15) is 18.5 Å². The molecular weight excluding hydrogens is 464 g/mol. The van der Waals surface area contributed by atoms with Crippen LogP contribution in [0.15, 0.2) is 52.1 Å². The van der Waals surface area contributed by atoms with Crippen LogP contribution in [0.3, 0.4) is 0 Å². The summed E-state index contributed by atoms with van der Waals surface area (Å²) < 4.78 is 5.31. The van der Waals surface area contributed by atoms with Gasteiger partial charge in [-0.25, -0.2) is 0 Å². The molecule has 1 fully saturated rings. The number of amides is 1. The molecule has 36 heavy (non-hydrogen) atoms. The molecule has 5 N–H and O–H groups in total. The first-order valence-corrected chi connectivity index (χ1v) is 11.6. The van der Waals surface area contributed by atoms with Crippen LogP contribution in [0.2, 0.25) is 0 Å². The Labute approximate surface area is 205 Å². The number of rotatable bonds is 8. The van der Waals surface area contributed by atoms with Crippen molar-refractivity contribution in [3.05, 3.63) is 68.5 Å². The molecule has 186 valence electrons. The molecule has 0 bridgehead atoms. The van der Waals surface area contributed by atoms with Gasteiger partial charge in [0.1, 0.15) is 17.1 Å². The van der Waals surface area contributed by atoms with Crippen LogP contribution in [-0.2, 0) is 9.53 Å². The van der Waals surface area contributed by atoms with Crippen LogP contribution < -0.4 is 26.8 Å². The largest absolute Gasteiger partial charge is 0.508 e. The zero-order valence-electron chi connectivity index (χ0n) is 19.6. The van der Waals surface area contributed by atoms with Crippen molar-refractivity contribution in [1.29, 1.82) is 0 Å². The number of aromatic amines is 1. The predicted octanol–water partition coefficient (Wildman–Crippen LogP) is 2.05. The highest BCUT2D eigenvalue weighted by Crippen LogP contribution is 2.29. The first-order chi connectivity index (χ1) is 17.4. The number of aromatic nitrogens is 2. The number of morpholine rings is 1. The molecule has 0 aliphatic carbocycles. The molecule has 1 aromatic heterocycles. The lowest BCUT2D eigenvalue weighted by atomic mass is 10.1. The number of nitrogens with one attached hydrogen (secondary N) is 4. The molecule has 11 nitrogen and oxygen atoms in total. The van der Waals surface area contributed by atoms with Crippen molar-refractivity contribution in [2.45, 2.75) is 13.0 Å². The SMILES string of the molecule is C[C@@H](Nc1c(Nc2ccc3[nH]nc(NC(=O)CN4CCOCC4)c3c2)c(=O)c1=O)c1cccc(O)c1. The standard InChI is InChI=1S/C25H26N6O5/c1-14(15-3-2-4-17(32)11-15)26-21-22(24(35)23(21)34)27-16-5-6-19-18(12-16)25(30-29-19)28-20(33)13-31-7-9-36-10-8-31/h2-6,11-12,14,26-27,32H,7-10,13H2,1H3,(H2,28,29,30,33)/t14-/m1/s1. The van der Waals surface area contributed by atoms with Crippen molar-refractivity contribution < 1.29 is 14.6 Å². The number of hydrogen-bond donors (Lipinski definition) is 5. The summed E-state index contributed by atoms with van der Waals surface area (Å²) in [6.45, 7) is 4.68. The van der Waals surface area contributed by atoms with Gasteiger partial charge in [-0.15, -0.1) is 0 Å². The van der Waals surface area contributed by atoms with Crippen LogP contribution >= 0.6 is 0 Å². The van der Waals surface area contributed by atoms with E-state index in [1.807, 2.05) is 17.9 Å². The summed E-state index contributed by atoms with van der Waals surface area (Å²) in [5, 5.41) is 26.4. The van der Waals surface area contributed by atoms with Crippen LogP contribution in [-0.4, -0.2) is 59.0 Å². The molecule has 5 rings (SSSR count). The molecule has 1 saturated heterocycles. The summed E-state index contributed by atoms with van der Waals surface area (Å²) in [6.07, 6.45) is 0. The van der Waals surface area contributed by atoms with Crippen LogP contribution in [0.5, 0.6) is 5.75 Å². The van der Waals surface area contributed by atoms with E-state index in [1.54, 1.807) is 36.4 Å². The summed E-state index contributed by atoms with van der Waals surface area (Å²) in [5.41, 5.74) is 1.16. The zero-order valence-corrected chi connectivity index (χ0v) is 19.6. The summed E-state index contributed by atoms with van der Waals surface area (Å²) in [5.74, 6) is 0.317. The third-order valence-corrected chi connectivity index (χ3v) is 6.20. The first-order valence-electron chi connectivity index (χ1n) is 11.6. The Balaban J connectivity index is 1.31. The summed E-state index contributed by atoms with van der Waals surface area (Å²) in [4.78, 5) is 39.1. The second-order valence-corrected chi connectivity index (χ2v) is 8.76. The minimum atomic E-state index is -0.619. The maximum absolute atomic E-state index is 12.5. The van der Waals surface area contributed by atoms with Gasteiger partial charge in [-0.3, -0.25) is 24.4 Å². The lowest BCUT2D eigenvalue weighted by Crippen LogP contribution is -2.41. The quantitative estimate of drug-likeness (QED) is 0.234. The molecular formula is C25H26N6O5. The normalized spacial score (nSPS) is 15.1. The first kappa shape index (κ1) is 23.5. The van der Waals surface area contributed by atoms with Crippen molar-refractivity contribution >= 4 is 39.7 Å². The van der Waals surface area contributed by atoms with Gasteiger partial charge in [0.15, 0.2) is 5.82 Å². The topological polar surface area (TPSA) is 149 Å². The number of carbonyl (C=O) groups is 1. The van der Waals surface area contributed by atoms with Crippen molar-refractivity contribution in [2.75, 3.05) is 48.8 Å². The smallest absolute Gasteiger partial charge is 0.253 e. The van der Waals surface area contributed by atoms with Crippen molar-refractivity contribution in [3.8, 4) is 5.75 Å². The fraction of sp³-hybridized carbons (Fsp3) is 0.280. The van der Waals surface area contributed by atoms with E-state index in [0.717, 1.165) is 5.56 Å². The summed E-state index contributed by atoms with van der Waals surface area (Å²) >= 11 is 0. The van der Waals surface area contributed by atoms with Gasteiger partial charge in [-0.1, -0.05) is 12.1 Å². The van der Waals surface area contributed by atoms with Crippen LogP contribution in [0.25, 0.3) is 10.9 Å². The number of ether oxygens (including phenoxy) is 1. The lowest BCUT2D eigenvalue weighted by molar-refractivity contribution is -0.118. The fourth-order valence-corrected chi connectivity index (χ4v) is 4.21. The van der Waals surface area contributed by atoms with Crippen LogP contribution in [0.4, 0.5) is 22.9 Å². The van der Waals surface area contributed by atoms with Gasteiger partial charge in [0.05, 0.1) is 25.3 Å². The monoisotopic (exact) mass is 490 g/mol. The predicted molar refractivity (Wildman–Crippen MR) is 137 cm³/mol. The minimum Gasteiger partial charge on any atom is -0.508 e. The lowest BCUT2D eigenvalue weighted by Gasteiger charge is -2.25. The number of phenolic OH excluding ortho intramolecular Hbond substituents is 1. The molecule has 0 radical (unpaired) electrons. The number of aromatic hydroxyl groups is 1. The number of hydrogen-bond acceptors (Lipinski definition) is 9. The van der Waals surface area contributed by atoms with Gasteiger partial charge in [-0.05, 0) is 42.8 Å². The van der Waals surface area contributed by atoms with Gasteiger partial charge in [0.25, 0.3) is 10.9 Å². The molecule has 1 aliphatic heterocycles. The van der Waals surface area contributed by atoms with Crippen molar-refractivity contribution in [1.82, 2.24) is 15.1 Å². The Morgan fingerprint density at radius 3 is 2.69 bits per heavy atom. The molecule has 1 aliphatic rings. The second-order valence-electron chi connectivity index (χ2n) is 8.76. The number of carbonyl (C=O) groups excluding carboxylic acids is 1. The van der Waals surface area contributed by atoms with E-state index < -0.39 is 10.9 Å². The number of phenols is 1. The minimum absolute atomic E-state index is 0.116. The molecule has 3 aromatic carbocycles. The molecule has 0 spiro atoms. The van der Waals surface area contributed by atoms with Gasteiger partial charge < -0.3 is 25.8 Å². The number of benzene rings is 2. The average molecular weight is 491 g/mol.